The molecule has 3 rings (SSSR count). The molecule has 0 aliphatic heterocycles. The quantitative estimate of drug-likeness (QED) is 0.543. The average Bonchev–Trinajstić information content (AvgIpc) is 2.67. The summed E-state index contributed by atoms with van der Waals surface area (Å²) in [5, 5.41) is 0. The number of hydrogen-bond donors (Lipinski definition) is 1. The van der Waals surface area contributed by atoms with E-state index in [9.17, 15) is 0 Å². The van der Waals surface area contributed by atoms with Gasteiger partial charge in [-0.05, 0) is 46.7 Å². The third-order valence-electron chi connectivity index (χ3n) is 4.45. The van der Waals surface area contributed by atoms with Gasteiger partial charge >= 0.3 is 0 Å². The number of rotatable bonds is 7. The Morgan fingerprint density at radius 1 is 0.815 bits per heavy atom. The highest BCUT2D eigenvalue weighted by molar-refractivity contribution is 5.85. The highest BCUT2D eigenvalue weighted by Crippen LogP contribution is 2.28. The molecule has 0 heterocycles. The van der Waals surface area contributed by atoms with Crippen molar-refractivity contribution in [1.82, 2.24) is 0 Å². The van der Waals surface area contributed by atoms with Crippen molar-refractivity contribution >= 4 is 12.4 Å². The highest BCUT2D eigenvalue weighted by atomic mass is 35.5. The summed E-state index contributed by atoms with van der Waals surface area (Å²) < 4.78 is 5.99. The Hall–Kier alpha value is -2.29. The zero-order valence-electron chi connectivity index (χ0n) is 16.0. The summed E-state index contributed by atoms with van der Waals surface area (Å²) in [4.78, 5) is 0. The molecule has 0 radical (unpaired) electrons. The first kappa shape index (κ1) is 21.0. The summed E-state index contributed by atoms with van der Waals surface area (Å²) in [5.41, 5.74) is 11.9. The zero-order valence-corrected chi connectivity index (χ0v) is 16.8. The Labute approximate surface area is 168 Å². The van der Waals surface area contributed by atoms with Gasteiger partial charge in [0.05, 0.1) is 0 Å². The first-order valence-electron chi connectivity index (χ1n) is 9.24. The molecule has 0 amide bonds. The average molecular weight is 382 g/mol. The van der Waals surface area contributed by atoms with E-state index in [1.54, 1.807) is 0 Å². The second kappa shape index (κ2) is 10.1. The predicted molar refractivity (Wildman–Crippen MR) is 116 cm³/mol. The van der Waals surface area contributed by atoms with E-state index in [1.165, 1.54) is 16.7 Å². The molecular weight excluding hydrogens is 354 g/mol. The van der Waals surface area contributed by atoms with Gasteiger partial charge in [-0.3, -0.25) is 0 Å². The van der Waals surface area contributed by atoms with Crippen LogP contribution in [0, 0.1) is 5.92 Å². The molecule has 0 saturated heterocycles. The molecule has 0 aromatic heterocycles. The van der Waals surface area contributed by atoms with Crippen molar-refractivity contribution in [2.45, 2.75) is 33.4 Å². The van der Waals surface area contributed by atoms with Gasteiger partial charge in [-0.25, -0.2) is 0 Å². The summed E-state index contributed by atoms with van der Waals surface area (Å²) >= 11 is 0. The molecule has 0 saturated carbocycles. The third kappa shape index (κ3) is 5.85. The Morgan fingerprint density at radius 2 is 1.48 bits per heavy atom. The maximum absolute atomic E-state index is 5.99. The fraction of sp³-hybridized carbons (Fsp3) is 0.250. The van der Waals surface area contributed by atoms with E-state index >= 15 is 0 Å². The van der Waals surface area contributed by atoms with Gasteiger partial charge in [0.1, 0.15) is 12.4 Å². The second-order valence-corrected chi connectivity index (χ2v) is 7.10. The van der Waals surface area contributed by atoms with Crippen LogP contribution in [0.5, 0.6) is 5.75 Å². The molecule has 3 aromatic carbocycles. The summed E-state index contributed by atoms with van der Waals surface area (Å²) in [5.74, 6) is 1.53. The lowest BCUT2D eigenvalue weighted by atomic mass is 9.98. The molecule has 0 aliphatic rings. The largest absolute Gasteiger partial charge is 0.489 e. The molecule has 3 heteroatoms. The van der Waals surface area contributed by atoms with Crippen LogP contribution in [-0.2, 0) is 19.6 Å². The molecule has 0 fully saturated rings. The molecule has 0 bridgehead atoms. The van der Waals surface area contributed by atoms with Crippen molar-refractivity contribution in [1.29, 1.82) is 0 Å². The van der Waals surface area contributed by atoms with Gasteiger partial charge in [-0.2, -0.15) is 0 Å². The maximum atomic E-state index is 5.99. The lowest BCUT2D eigenvalue weighted by molar-refractivity contribution is 0.303. The van der Waals surface area contributed by atoms with E-state index in [4.69, 9.17) is 10.5 Å². The summed E-state index contributed by atoms with van der Waals surface area (Å²) in [6.07, 6.45) is 1.11. The van der Waals surface area contributed by atoms with Crippen molar-refractivity contribution in [2.24, 2.45) is 11.7 Å². The molecule has 142 valence electrons. The van der Waals surface area contributed by atoms with E-state index in [-0.39, 0.29) is 12.4 Å². The van der Waals surface area contributed by atoms with Crippen molar-refractivity contribution in [2.75, 3.05) is 0 Å². The standard InChI is InChI=1S/C24H27NO.ClH/c1-18(2)14-19-8-10-21(11-9-19)22-12-13-24(23(15-22)16-25)26-17-20-6-4-3-5-7-20;/h3-13,15,18H,14,16-17,25H2,1-2H3;1H. The summed E-state index contributed by atoms with van der Waals surface area (Å²) in [7, 11) is 0. The van der Waals surface area contributed by atoms with Crippen LogP contribution in [0.2, 0.25) is 0 Å². The van der Waals surface area contributed by atoms with Crippen LogP contribution >= 0.6 is 12.4 Å². The fourth-order valence-corrected chi connectivity index (χ4v) is 3.10. The van der Waals surface area contributed by atoms with Gasteiger partial charge in [-0.15, -0.1) is 12.4 Å². The van der Waals surface area contributed by atoms with E-state index in [0.717, 1.165) is 23.3 Å². The number of hydrogen-bond acceptors (Lipinski definition) is 2. The first-order valence-corrected chi connectivity index (χ1v) is 9.24. The molecule has 0 spiro atoms. The van der Waals surface area contributed by atoms with Gasteiger partial charge in [0.25, 0.3) is 0 Å². The SMILES string of the molecule is CC(C)Cc1ccc(-c2ccc(OCc3ccccc3)c(CN)c2)cc1.Cl. The summed E-state index contributed by atoms with van der Waals surface area (Å²) in [6, 6.07) is 25.3. The minimum absolute atomic E-state index is 0. The third-order valence-corrected chi connectivity index (χ3v) is 4.45. The topological polar surface area (TPSA) is 35.2 Å². The molecule has 0 atom stereocenters. The van der Waals surface area contributed by atoms with Crippen LogP contribution in [0.1, 0.15) is 30.5 Å². The van der Waals surface area contributed by atoms with Crippen molar-refractivity contribution in [3.63, 3.8) is 0 Å². The van der Waals surface area contributed by atoms with Crippen LogP contribution in [-0.4, -0.2) is 0 Å². The van der Waals surface area contributed by atoms with Gasteiger partial charge in [0, 0.05) is 12.1 Å². The Kier molecular flexibility index (Phi) is 7.90. The number of ether oxygens (including phenoxy) is 1. The number of nitrogens with two attached hydrogens (primary N) is 1. The molecule has 2 nitrogen and oxygen atoms in total. The summed E-state index contributed by atoms with van der Waals surface area (Å²) in [6.45, 7) is 5.51. The van der Waals surface area contributed by atoms with Crippen LogP contribution in [0.15, 0.2) is 72.8 Å². The van der Waals surface area contributed by atoms with Gasteiger partial charge < -0.3 is 10.5 Å². The molecule has 2 N–H and O–H groups in total. The van der Waals surface area contributed by atoms with E-state index in [0.29, 0.717) is 19.1 Å². The Balaban J connectivity index is 0.00000261. The fourth-order valence-electron chi connectivity index (χ4n) is 3.10. The van der Waals surface area contributed by atoms with Gasteiger partial charge in [-0.1, -0.05) is 74.5 Å². The van der Waals surface area contributed by atoms with Crippen LogP contribution in [0.25, 0.3) is 11.1 Å². The first-order chi connectivity index (χ1) is 12.7. The van der Waals surface area contributed by atoms with Crippen molar-refractivity contribution < 1.29 is 4.74 Å². The highest BCUT2D eigenvalue weighted by Gasteiger charge is 2.07. The normalized spacial score (nSPS) is 10.5. The monoisotopic (exact) mass is 381 g/mol. The van der Waals surface area contributed by atoms with Crippen LogP contribution in [0.3, 0.4) is 0 Å². The predicted octanol–water partition coefficient (Wildman–Crippen LogP) is 6.01. The minimum atomic E-state index is 0. The molecular formula is C24H28ClNO. The number of benzene rings is 3. The second-order valence-electron chi connectivity index (χ2n) is 7.10. The lowest BCUT2D eigenvalue weighted by Gasteiger charge is -2.13. The molecule has 3 aromatic rings. The molecule has 27 heavy (non-hydrogen) atoms. The van der Waals surface area contributed by atoms with Crippen LogP contribution < -0.4 is 10.5 Å². The smallest absolute Gasteiger partial charge is 0.124 e. The molecule has 0 unspecified atom stereocenters. The minimum Gasteiger partial charge on any atom is -0.489 e. The molecule has 0 aliphatic carbocycles. The van der Waals surface area contributed by atoms with Crippen molar-refractivity contribution in [3.8, 4) is 16.9 Å². The van der Waals surface area contributed by atoms with Crippen LogP contribution in [0.4, 0.5) is 0 Å². The van der Waals surface area contributed by atoms with E-state index in [1.807, 2.05) is 24.3 Å². The zero-order chi connectivity index (χ0) is 18.4. The van der Waals surface area contributed by atoms with E-state index < -0.39 is 0 Å². The van der Waals surface area contributed by atoms with Crippen molar-refractivity contribution in [3.05, 3.63) is 89.5 Å². The Bertz CT molecular complexity index is 829. The van der Waals surface area contributed by atoms with Gasteiger partial charge in [0.2, 0.25) is 0 Å². The maximum Gasteiger partial charge on any atom is 0.124 e. The van der Waals surface area contributed by atoms with E-state index in [2.05, 4.69) is 62.4 Å². The number of halogens is 1. The Morgan fingerprint density at radius 3 is 2.11 bits per heavy atom. The lowest BCUT2D eigenvalue weighted by Crippen LogP contribution is -2.03. The van der Waals surface area contributed by atoms with Gasteiger partial charge in [0.15, 0.2) is 0 Å².